The van der Waals surface area contributed by atoms with Gasteiger partial charge in [0.05, 0.1) is 12.8 Å². The Bertz CT molecular complexity index is 698. The fourth-order valence-corrected chi connectivity index (χ4v) is 2.11. The third kappa shape index (κ3) is 5.52. The number of ether oxygens (including phenoxy) is 2. The second kappa shape index (κ2) is 8.06. The van der Waals surface area contributed by atoms with E-state index < -0.39 is 43.7 Å². The van der Waals surface area contributed by atoms with E-state index in [1.165, 1.54) is 6.92 Å². The fourth-order valence-electron chi connectivity index (χ4n) is 1.73. The van der Waals surface area contributed by atoms with Gasteiger partial charge in [0.1, 0.15) is 18.6 Å². The van der Waals surface area contributed by atoms with Crippen molar-refractivity contribution in [1.29, 1.82) is 0 Å². The zero-order valence-electron chi connectivity index (χ0n) is 11.4. The van der Waals surface area contributed by atoms with Crippen molar-refractivity contribution in [2.45, 2.75) is 25.4 Å². The minimum atomic E-state index is -4.38. The number of nitrogens with one attached hydrogen (secondary N) is 1. The molecule has 1 saturated heterocycles. The molecule has 3 atom stereocenters. The Balaban J connectivity index is 0.00000264. The monoisotopic (exact) mass is 362 g/mol. The first-order valence-electron chi connectivity index (χ1n) is 6.13. The van der Waals surface area contributed by atoms with Crippen LogP contribution in [0.2, 0.25) is 0 Å². The molecule has 0 aromatic carbocycles. The van der Waals surface area contributed by atoms with Crippen LogP contribution in [0.25, 0.3) is 0 Å². The van der Waals surface area contributed by atoms with Crippen LogP contribution in [0.4, 0.5) is 0 Å². The first-order chi connectivity index (χ1) is 10.2. The Morgan fingerprint density at radius 2 is 2.13 bits per heavy atom. The molecule has 2 heterocycles. The van der Waals surface area contributed by atoms with E-state index in [0.717, 1.165) is 6.20 Å². The summed E-state index contributed by atoms with van der Waals surface area (Å²) in [5, 5.41) is 9.91. The molecule has 126 valence electrons. The number of aromatic nitrogens is 2. The molecule has 1 aliphatic rings. The van der Waals surface area contributed by atoms with Gasteiger partial charge in [-0.2, -0.15) is 0 Å². The zero-order valence-corrected chi connectivity index (χ0v) is 12.3. The van der Waals surface area contributed by atoms with Gasteiger partial charge in [0.15, 0.2) is 0 Å². The van der Waals surface area contributed by atoms with Gasteiger partial charge in [-0.1, -0.05) is 0 Å². The van der Waals surface area contributed by atoms with Crippen LogP contribution < -0.4 is 16.1 Å². The number of rotatable bonds is 5. The van der Waals surface area contributed by atoms with Gasteiger partial charge >= 0.3 is 42.8 Å². The second-order valence-electron chi connectivity index (χ2n) is 4.69. The molecular formula is C10H16N2NaO9P. The summed E-state index contributed by atoms with van der Waals surface area (Å²) in [4.78, 5) is 47.3. The number of aryl methyl sites for hydroxylation is 1. The van der Waals surface area contributed by atoms with Crippen LogP contribution in [0.5, 0.6) is 0 Å². The number of aliphatic hydroxyl groups is 1. The summed E-state index contributed by atoms with van der Waals surface area (Å²) in [6.07, 6.45) is -3.42. The number of aromatic amines is 1. The summed E-state index contributed by atoms with van der Waals surface area (Å²) in [5.74, 6) is 0. The average Bonchev–Trinajstić information content (AvgIpc) is 2.74. The molecule has 0 spiro atoms. The van der Waals surface area contributed by atoms with Crippen LogP contribution >= 0.6 is 7.60 Å². The van der Waals surface area contributed by atoms with Crippen molar-refractivity contribution in [3.05, 3.63) is 32.6 Å². The average molecular weight is 362 g/mol. The van der Waals surface area contributed by atoms with Crippen molar-refractivity contribution >= 4 is 37.2 Å². The summed E-state index contributed by atoms with van der Waals surface area (Å²) < 4.78 is 21.3. The van der Waals surface area contributed by atoms with Crippen molar-refractivity contribution in [2.75, 3.05) is 13.0 Å². The van der Waals surface area contributed by atoms with Crippen LogP contribution in [-0.4, -0.2) is 85.6 Å². The van der Waals surface area contributed by atoms with Crippen molar-refractivity contribution in [1.82, 2.24) is 9.71 Å². The van der Waals surface area contributed by atoms with Gasteiger partial charge < -0.3 is 29.2 Å². The van der Waals surface area contributed by atoms with E-state index in [1.54, 1.807) is 0 Å². The first-order valence-corrected chi connectivity index (χ1v) is 7.93. The first kappa shape index (κ1) is 20.6. The Morgan fingerprint density at radius 1 is 1.48 bits per heavy atom. The normalized spacial score (nSPS) is 24.3. The molecule has 2 rings (SSSR count). The number of nitrogens with zero attached hydrogens (tertiary/aromatic N) is 1. The van der Waals surface area contributed by atoms with E-state index in [2.05, 4.69) is 0 Å². The molecule has 1 unspecified atom stereocenters. The standard InChI is InChI=1S/C10H15N2O9P.Na.H/c1-5-2-12(10(15)11-8(5)14)21-9-7(13)6(3-19-9)20-4-22(16,17)18;;/h2,6-7,9,13H,3-4H2,1H3,(H,11,14,15)(H2,16,17,18);;/t6-,7+,9?;;/m0../s1. The van der Waals surface area contributed by atoms with Gasteiger partial charge in [0.25, 0.3) is 11.8 Å². The molecule has 1 aromatic rings. The number of aliphatic hydroxyl groups excluding tert-OH is 1. The van der Waals surface area contributed by atoms with E-state index in [0.29, 0.717) is 4.73 Å². The van der Waals surface area contributed by atoms with Gasteiger partial charge in [-0.15, -0.1) is 4.73 Å². The SMILES string of the molecule is Cc1cn(OC2OC[C@H](OCP(=O)(O)O)[C@H]2O)c(=O)[nH]c1=O.[NaH]. The van der Waals surface area contributed by atoms with Crippen LogP contribution in [0.15, 0.2) is 15.8 Å². The molecule has 0 saturated carbocycles. The van der Waals surface area contributed by atoms with Crippen molar-refractivity contribution in [3.8, 4) is 0 Å². The molecule has 0 amide bonds. The zero-order chi connectivity index (χ0) is 16.5. The molecule has 0 radical (unpaired) electrons. The molecule has 0 bridgehead atoms. The Labute approximate surface area is 151 Å². The minimum absolute atomic E-state index is 0. The van der Waals surface area contributed by atoms with Crippen LogP contribution in [0.3, 0.4) is 0 Å². The molecule has 4 N–H and O–H groups in total. The van der Waals surface area contributed by atoms with Crippen LogP contribution in [-0.2, 0) is 14.0 Å². The topological polar surface area (TPSA) is 160 Å². The summed E-state index contributed by atoms with van der Waals surface area (Å²) in [6.45, 7) is 1.28. The van der Waals surface area contributed by atoms with Gasteiger partial charge in [-0.25, -0.2) is 4.79 Å². The number of hydrogen-bond donors (Lipinski definition) is 4. The van der Waals surface area contributed by atoms with Crippen molar-refractivity contribution in [3.63, 3.8) is 0 Å². The number of hydrogen-bond acceptors (Lipinski definition) is 7. The van der Waals surface area contributed by atoms with E-state index in [1.807, 2.05) is 4.98 Å². The van der Waals surface area contributed by atoms with E-state index in [-0.39, 0.29) is 41.7 Å². The molecule has 13 heteroatoms. The predicted octanol–water partition coefficient (Wildman–Crippen LogP) is -3.14. The maximum absolute atomic E-state index is 11.5. The summed E-state index contributed by atoms with van der Waals surface area (Å²) in [5.41, 5.74) is -1.21. The third-order valence-electron chi connectivity index (χ3n) is 2.85. The van der Waals surface area contributed by atoms with E-state index in [9.17, 15) is 19.3 Å². The maximum atomic E-state index is 11.5. The van der Waals surface area contributed by atoms with Crippen molar-refractivity contribution in [2.24, 2.45) is 0 Å². The summed E-state index contributed by atoms with van der Waals surface area (Å²) in [6, 6.07) is 0. The molecule has 1 fully saturated rings. The Morgan fingerprint density at radius 3 is 2.74 bits per heavy atom. The summed E-state index contributed by atoms with van der Waals surface area (Å²) >= 11 is 0. The molecule has 1 aromatic heterocycles. The molecule has 0 aliphatic carbocycles. The molecule has 1 aliphatic heterocycles. The number of H-pyrrole nitrogens is 1. The van der Waals surface area contributed by atoms with Crippen molar-refractivity contribution < 1.29 is 33.8 Å². The van der Waals surface area contributed by atoms with Crippen LogP contribution in [0.1, 0.15) is 5.56 Å². The third-order valence-corrected chi connectivity index (χ3v) is 3.33. The van der Waals surface area contributed by atoms with Gasteiger partial charge in [0, 0.05) is 5.56 Å². The van der Waals surface area contributed by atoms with Gasteiger partial charge in [-0.05, 0) is 6.92 Å². The van der Waals surface area contributed by atoms with E-state index >= 15 is 0 Å². The summed E-state index contributed by atoms with van der Waals surface area (Å²) in [7, 11) is -4.38. The second-order valence-corrected chi connectivity index (χ2v) is 6.28. The fraction of sp³-hybridized carbons (Fsp3) is 0.600. The van der Waals surface area contributed by atoms with Gasteiger partial charge in [-0.3, -0.25) is 14.3 Å². The Kier molecular flexibility index (Phi) is 7.20. The van der Waals surface area contributed by atoms with E-state index in [4.69, 9.17) is 24.1 Å². The molecule has 23 heavy (non-hydrogen) atoms. The van der Waals surface area contributed by atoms with Crippen LogP contribution in [0, 0.1) is 6.92 Å². The molecular weight excluding hydrogens is 346 g/mol. The quantitative estimate of drug-likeness (QED) is 0.313. The molecule has 11 nitrogen and oxygen atoms in total. The van der Waals surface area contributed by atoms with Gasteiger partial charge in [0.2, 0.25) is 0 Å². The Hall–Kier alpha value is -0.490. The predicted molar refractivity (Wildman–Crippen MR) is 77.3 cm³/mol.